The van der Waals surface area contributed by atoms with E-state index in [0.29, 0.717) is 12.5 Å². The molecular weight excluding hydrogens is 312 g/mol. The summed E-state index contributed by atoms with van der Waals surface area (Å²) in [7, 11) is 0. The molecule has 2 aliphatic heterocycles. The number of hydrogen-bond donors (Lipinski definition) is 1. The lowest BCUT2D eigenvalue weighted by molar-refractivity contribution is -0.121. The van der Waals surface area contributed by atoms with E-state index >= 15 is 0 Å². The Morgan fingerprint density at radius 1 is 1.08 bits per heavy atom. The van der Waals surface area contributed by atoms with Crippen molar-refractivity contribution in [3.05, 3.63) is 48.0 Å². The lowest BCUT2D eigenvalue weighted by Gasteiger charge is -2.31. The van der Waals surface area contributed by atoms with Gasteiger partial charge in [0.05, 0.1) is 6.42 Å². The molecule has 132 valence electrons. The van der Waals surface area contributed by atoms with Crippen LogP contribution >= 0.6 is 0 Å². The highest BCUT2D eigenvalue weighted by molar-refractivity contribution is 5.90. The topological polar surface area (TPSA) is 41.6 Å². The zero-order valence-corrected chi connectivity index (χ0v) is 14.6. The number of carbonyl (C=O) groups is 1. The van der Waals surface area contributed by atoms with Crippen molar-refractivity contribution >= 4 is 16.7 Å². The fourth-order valence-electron chi connectivity index (χ4n) is 4.19. The number of nitrogens with zero attached hydrogens (tertiary/aromatic N) is 1. The fraction of sp³-hybridized carbons (Fsp3) is 0.476. The number of likely N-dealkylation sites (tertiary alicyclic amines) is 1. The van der Waals surface area contributed by atoms with Crippen molar-refractivity contribution in [2.45, 2.75) is 37.8 Å². The Morgan fingerprint density at radius 2 is 1.88 bits per heavy atom. The highest BCUT2D eigenvalue weighted by Crippen LogP contribution is 2.21. The van der Waals surface area contributed by atoms with Crippen LogP contribution in [0.5, 0.6) is 0 Å². The second-order valence-corrected chi connectivity index (χ2v) is 7.21. The Labute approximate surface area is 149 Å². The summed E-state index contributed by atoms with van der Waals surface area (Å²) >= 11 is 0. The van der Waals surface area contributed by atoms with Gasteiger partial charge in [0, 0.05) is 38.4 Å². The van der Waals surface area contributed by atoms with E-state index in [2.05, 4.69) is 34.5 Å². The van der Waals surface area contributed by atoms with E-state index in [1.54, 1.807) is 0 Å². The molecule has 4 rings (SSSR count). The minimum absolute atomic E-state index is 0.134. The first-order valence-electron chi connectivity index (χ1n) is 9.37. The molecule has 0 aliphatic carbocycles. The molecule has 4 heteroatoms. The Balaban J connectivity index is 1.34. The van der Waals surface area contributed by atoms with Crippen molar-refractivity contribution in [3.63, 3.8) is 0 Å². The zero-order valence-electron chi connectivity index (χ0n) is 14.6. The molecule has 2 aromatic carbocycles. The van der Waals surface area contributed by atoms with Gasteiger partial charge in [0.1, 0.15) is 0 Å². The number of fused-ring (bicyclic) bond motifs is 1. The third-order valence-electron chi connectivity index (χ3n) is 5.52. The maximum atomic E-state index is 12.5. The molecule has 2 saturated heterocycles. The maximum absolute atomic E-state index is 12.5. The molecule has 0 bridgehead atoms. The van der Waals surface area contributed by atoms with Gasteiger partial charge in [-0.05, 0) is 35.6 Å². The standard InChI is InChI=1S/C21H26N2O2/c24-21(14-17-6-3-5-16-4-1-2-7-20(16)17)22-18-8-11-23(15-18)19-9-12-25-13-10-19/h1-7,18-19H,8-15H2,(H,22,24). The van der Waals surface area contributed by atoms with Crippen LogP contribution in [0, 0.1) is 0 Å². The van der Waals surface area contributed by atoms with E-state index < -0.39 is 0 Å². The number of benzene rings is 2. The highest BCUT2D eigenvalue weighted by atomic mass is 16.5. The van der Waals surface area contributed by atoms with Gasteiger partial charge in [-0.15, -0.1) is 0 Å². The average Bonchev–Trinajstić information content (AvgIpc) is 3.11. The van der Waals surface area contributed by atoms with E-state index in [1.165, 1.54) is 10.8 Å². The van der Waals surface area contributed by atoms with E-state index in [0.717, 1.165) is 51.1 Å². The molecule has 1 atom stereocenters. The van der Waals surface area contributed by atoms with Crippen LogP contribution in [0.4, 0.5) is 0 Å². The summed E-state index contributed by atoms with van der Waals surface area (Å²) in [5, 5.41) is 5.62. The van der Waals surface area contributed by atoms with Crippen molar-refractivity contribution in [2.75, 3.05) is 26.3 Å². The van der Waals surface area contributed by atoms with Crippen LogP contribution in [-0.4, -0.2) is 49.2 Å². The zero-order chi connectivity index (χ0) is 17.1. The van der Waals surface area contributed by atoms with E-state index in [-0.39, 0.29) is 11.9 Å². The van der Waals surface area contributed by atoms with Crippen LogP contribution in [0.1, 0.15) is 24.8 Å². The van der Waals surface area contributed by atoms with Gasteiger partial charge in [0.15, 0.2) is 0 Å². The summed E-state index contributed by atoms with van der Waals surface area (Å²) < 4.78 is 5.46. The number of carbonyl (C=O) groups excluding carboxylic acids is 1. The number of amides is 1. The summed E-state index contributed by atoms with van der Waals surface area (Å²) in [5.74, 6) is 0.134. The summed E-state index contributed by atoms with van der Waals surface area (Å²) in [6.07, 6.45) is 3.75. The fourth-order valence-corrected chi connectivity index (χ4v) is 4.19. The van der Waals surface area contributed by atoms with Crippen molar-refractivity contribution in [3.8, 4) is 0 Å². The second kappa shape index (κ2) is 7.54. The monoisotopic (exact) mass is 338 g/mol. The molecule has 2 heterocycles. The first kappa shape index (κ1) is 16.6. The molecule has 0 aromatic heterocycles. The number of hydrogen-bond acceptors (Lipinski definition) is 3. The van der Waals surface area contributed by atoms with Crippen LogP contribution in [0.3, 0.4) is 0 Å². The lowest BCUT2D eigenvalue weighted by Crippen LogP contribution is -2.42. The van der Waals surface area contributed by atoms with Crippen LogP contribution in [0.2, 0.25) is 0 Å². The third-order valence-corrected chi connectivity index (χ3v) is 5.52. The molecule has 0 spiro atoms. The molecule has 2 fully saturated rings. The Morgan fingerprint density at radius 3 is 2.76 bits per heavy atom. The Kier molecular flexibility index (Phi) is 4.99. The van der Waals surface area contributed by atoms with Gasteiger partial charge >= 0.3 is 0 Å². The predicted molar refractivity (Wildman–Crippen MR) is 99.6 cm³/mol. The number of ether oxygens (including phenoxy) is 1. The quantitative estimate of drug-likeness (QED) is 0.932. The molecule has 2 aromatic rings. The van der Waals surface area contributed by atoms with Crippen molar-refractivity contribution < 1.29 is 9.53 Å². The van der Waals surface area contributed by atoms with E-state index in [4.69, 9.17) is 4.74 Å². The van der Waals surface area contributed by atoms with Crippen LogP contribution in [0.15, 0.2) is 42.5 Å². The first-order valence-corrected chi connectivity index (χ1v) is 9.37. The normalized spacial score (nSPS) is 22.3. The summed E-state index contributed by atoms with van der Waals surface area (Å²) in [6, 6.07) is 15.4. The van der Waals surface area contributed by atoms with Gasteiger partial charge in [0.2, 0.25) is 5.91 Å². The van der Waals surface area contributed by atoms with Crippen LogP contribution < -0.4 is 5.32 Å². The Hall–Kier alpha value is -1.91. The minimum atomic E-state index is 0.134. The smallest absolute Gasteiger partial charge is 0.224 e. The highest BCUT2D eigenvalue weighted by Gasteiger charge is 2.30. The van der Waals surface area contributed by atoms with Crippen LogP contribution in [-0.2, 0) is 16.0 Å². The molecule has 4 nitrogen and oxygen atoms in total. The molecule has 0 saturated carbocycles. The van der Waals surface area contributed by atoms with Crippen LogP contribution in [0.25, 0.3) is 10.8 Å². The third kappa shape index (κ3) is 3.86. The molecule has 1 N–H and O–H groups in total. The summed E-state index contributed by atoms with van der Waals surface area (Å²) in [5.41, 5.74) is 1.11. The molecular formula is C21H26N2O2. The Bertz CT molecular complexity index is 734. The molecule has 1 unspecified atom stereocenters. The van der Waals surface area contributed by atoms with Crippen molar-refractivity contribution in [1.29, 1.82) is 0 Å². The largest absolute Gasteiger partial charge is 0.381 e. The van der Waals surface area contributed by atoms with Crippen molar-refractivity contribution in [2.24, 2.45) is 0 Å². The van der Waals surface area contributed by atoms with Gasteiger partial charge in [-0.2, -0.15) is 0 Å². The van der Waals surface area contributed by atoms with Gasteiger partial charge in [-0.25, -0.2) is 0 Å². The number of nitrogens with one attached hydrogen (secondary N) is 1. The molecule has 0 radical (unpaired) electrons. The molecule has 1 amide bonds. The average molecular weight is 338 g/mol. The molecule has 25 heavy (non-hydrogen) atoms. The van der Waals surface area contributed by atoms with Gasteiger partial charge in [-0.1, -0.05) is 42.5 Å². The lowest BCUT2D eigenvalue weighted by atomic mass is 10.0. The predicted octanol–water partition coefficient (Wildman–Crippen LogP) is 2.75. The maximum Gasteiger partial charge on any atom is 0.224 e. The molecule has 2 aliphatic rings. The van der Waals surface area contributed by atoms with E-state index in [1.807, 2.05) is 18.2 Å². The van der Waals surface area contributed by atoms with Gasteiger partial charge in [0.25, 0.3) is 0 Å². The first-order chi connectivity index (χ1) is 12.3. The summed E-state index contributed by atoms with van der Waals surface area (Å²) in [4.78, 5) is 15.1. The van der Waals surface area contributed by atoms with Gasteiger partial charge in [-0.3, -0.25) is 9.69 Å². The van der Waals surface area contributed by atoms with E-state index in [9.17, 15) is 4.79 Å². The van der Waals surface area contributed by atoms with Crippen molar-refractivity contribution in [1.82, 2.24) is 10.2 Å². The minimum Gasteiger partial charge on any atom is -0.381 e. The van der Waals surface area contributed by atoms with Gasteiger partial charge < -0.3 is 10.1 Å². The summed E-state index contributed by atoms with van der Waals surface area (Å²) in [6.45, 7) is 3.81. The number of rotatable bonds is 4. The SMILES string of the molecule is O=C(Cc1cccc2ccccc12)NC1CCN(C2CCOCC2)C1. The second-order valence-electron chi connectivity index (χ2n) is 7.21.